The number of carbonyl (C=O) groups excluding carboxylic acids is 1. The summed E-state index contributed by atoms with van der Waals surface area (Å²) in [5, 5.41) is 7.16. The number of ether oxygens (including phenoxy) is 1. The second-order valence-electron chi connectivity index (χ2n) is 6.46. The number of amides is 2. The second kappa shape index (κ2) is 6.64. The largest absolute Gasteiger partial charge is 0.371 e. The molecule has 1 saturated heterocycles. The number of nitrogens with one attached hydrogen (secondary N) is 1. The number of aromatic nitrogens is 3. The lowest BCUT2D eigenvalue weighted by Gasteiger charge is -2.40. The van der Waals surface area contributed by atoms with Crippen LogP contribution in [0.25, 0.3) is 0 Å². The summed E-state index contributed by atoms with van der Waals surface area (Å²) >= 11 is 0. The van der Waals surface area contributed by atoms with E-state index < -0.39 is 0 Å². The highest BCUT2D eigenvalue weighted by atomic mass is 16.5. The fourth-order valence-electron chi connectivity index (χ4n) is 3.39. The third-order valence-electron chi connectivity index (χ3n) is 4.68. The molecule has 22 heavy (non-hydrogen) atoms. The molecule has 2 heterocycles. The van der Waals surface area contributed by atoms with Crippen molar-refractivity contribution >= 4 is 6.03 Å². The Kier molecular flexibility index (Phi) is 4.61. The molecule has 2 aliphatic rings. The molecule has 0 radical (unpaired) electrons. The summed E-state index contributed by atoms with van der Waals surface area (Å²) in [6, 6.07) is 0.139. The molecule has 1 N–H and O–H groups in total. The average molecular weight is 307 g/mol. The van der Waals surface area contributed by atoms with Crippen molar-refractivity contribution in [2.75, 3.05) is 19.7 Å². The second-order valence-corrected chi connectivity index (χ2v) is 6.46. The molecule has 1 unspecified atom stereocenters. The molecule has 1 saturated carbocycles. The van der Waals surface area contributed by atoms with E-state index in [1.54, 1.807) is 11.0 Å². The Labute approximate surface area is 131 Å². The van der Waals surface area contributed by atoms with E-state index in [0.29, 0.717) is 13.2 Å². The van der Waals surface area contributed by atoms with Gasteiger partial charge in [0.05, 0.1) is 18.8 Å². The van der Waals surface area contributed by atoms with Gasteiger partial charge in [0.25, 0.3) is 0 Å². The topological polar surface area (TPSA) is 72.3 Å². The van der Waals surface area contributed by atoms with Gasteiger partial charge in [0, 0.05) is 19.1 Å². The van der Waals surface area contributed by atoms with Crippen LogP contribution in [0.4, 0.5) is 4.79 Å². The van der Waals surface area contributed by atoms with Crippen LogP contribution in [0.3, 0.4) is 0 Å². The van der Waals surface area contributed by atoms with Gasteiger partial charge < -0.3 is 15.0 Å². The van der Waals surface area contributed by atoms with Gasteiger partial charge >= 0.3 is 6.03 Å². The van der Waals surface area contributed by atoms with E-state index in [4.69, 9.17) is 4.74 Å². The molecule has 2 amide bonds. The number of hydrogen-bond acceptors (Lipinski definition) is 4. The van der Waals surface area contributed by atoms with Gasteiger partial charge in [-0.3, -0.25) is 4.68 Å². The molecular weight excluding hydrogens is 282 g/mol. The first-order chi connectivity index (χ1) is 10.7. The summed E-state index contributed by atoms with van der Waals surface area (Å²) in [7, 11) is 0. The number of rotatable bonds is 4. The summed E-state index contributed by atoms with van der Waals surface area (Å²) in [5.74, 6) is 0. The van der Waals surface area contributed by atoms with Crippen molar-refractivity contribution in [2.45, 2.75) is 57.2 Å². The number of urea groups is 1. The van der Waals surface area contributed by atoms with Crippen molar-refractivity contribution in [2.24, 2.45) is 0 Å². The summed E-state index contributed by atoms with van der Waals surface area (Å²) in [6.45, 7) is 4.86. The van der Waals surface area contributed by atoms with E-state index in [1.165, 1.54) is 19.2 Å². The number of hydrogen-bond donors (Lipinski definition) is 1. The third-order valence-corrected chi connectivity index (χ3v) is 4.68. The highest BCUT2D eigenvalue weighted by Crippen LogP contribution is 2.35. The molecule has 3 rings (SSSR count). The maximum absolute atomic E-state index is 12.4. The van der Waals surface area contributed by atoms with E-state index >= 15 is 0 Å². The van der Waals surface area contributed by atoms with Crippen molar-refractivity contribution in [1.29, 1.82) is 0 Å². The standard InChI is InChI=1S/C15H25N5O2/c1-13(4-7-20-12-16-11-17-20)18-14(21)19-8-9-22-15(10-19)5-2-3-6-15/h11-13H,2-10H2,1H3,(H,18,21). The van der Waals surface area contributed by atoms with Gasteiger partial charge in [0.1, 0.15) is 12.7 Å². The lowest BCUT2D eigenvalue weighted by Crippen LogP contribution is -2.56. The molecule has 1 aliphatic heterocycles. The van der Waals surface area contributed by atoms with E-state index in [9.17, 15) is 4.79 Å². The fraction of sp³-hybridized carbons (Fsp3) is 0.800. The number of aryl methyl sites for hydroxylation is 1. The van der Waals surface area contributed by atoms with Crippen molar-refractivity contribution in [3.05, 3.63) is 12.7 Å². The zero-order valence-corrected chi connectivity index (χ0v) is 13.2. The molecule has 1 aromatic heterocycles. The Morgan fingerprint density at radius 1 is 1.45 bits per heavy atom. The molecule has 1 spiro atoms. The van der Waals surface area contributed by atoms with Gasteiger partial charge in [-0.1, -0.05) is 12.8 Å². The first kappa shape index (κ1) is 15.3. The quantitative estimate of drug-likeness (QED) is 0.913. The maximum Gasteiger partial charge on any atom is 0.317 e. The minimum atomic E-state index is -0.0699. The van der Waals surface area contributed by atoms with Crippen LogP contribution in [0.5, 0.6) is 0 Å². The first-order valence-corrected chi connectivity index (χ1v) is 8.19. The van der Waals surface area contributed by atoms with Gasteiger partial charge in [0.2, 0.25) is 0 Å². The normalized spacial score (nSPS) is 22.0. The van der Waals surface area contributed by atoms with Crippen LogP contribution in [0.2, 0.25) is 0 Å². The predicted octanol–water partition coefficient (Wildman–Crippen LogP) is 1.41. The van der Waals surface area contributed by atoms with Crippen LogP contribution >= 0.6 is 0 Å². The molecule has 0 aromatic carbocycles. The lowest BCUT2D eigenvalue weighted by molar-refractivity contribution is -0.0927. The van der Waals surface area contributed by atoms with Gasteiger partial charge in [-0.15, -0.1) is 0 Å². The predicted molar refractivity (Wildman–Crippen MR) is 81.4 cm³/mol. The molecule has 0 bridgehead atoms. The fourth-order valence-corrected chi connectivity index (χ4v) is 3.39. The Balaban J connectivity index is 1.46. The number of carbonyl (C=O) groups is 1. The highest BCUT2D eigenvalue weighted by Gasteiger charge is 2.40. The maximum atomic E-state index is 12.4. The molecule has 1 atom stereocenters. The Bertz CT molecular complexity index is 484. The molecule has 1 aliphatic carbocycles. The molecule has 1 aromatic rings. The Morgan fingerprint density at radius 2 is 2.27 bits per heavy atom. The van der Waals surface area contributed by atoms with Gasteiger partial charge in [-0.2, -0.15) is 5.10 Å². The minimum Gasteiger partial charge on any atom is -0.371 e. The molecule has 2 fully saturated rings. The van der Waals surface area contributed by atoms with Crippen molar-refractivity contribution in [1.82, 2.24) is 25.0 Å². The Hall–Kier alpha value is -1.63. The van der Waals surface area contributed by atoms with Crippen LogP contribution < -0.4 is 5.32 Å². The molecule has 7 heteroatoms. The zero-order chi connectivity index (χ0) is 15.4. The molecule has 122 valence electrons. The zero-order valence-electron chi connectivity index (χ0n) is 13.2. The van der Waals surface area contributed by atoms with E-state index in [2.05, 4.69) is 15.4 Å². The van der Waals surface area contributed by atoms with Crippen molar-refractivity contribution < 1.29 is 9.53 Å². The number of morpholine rings is 1. The SMILES string of the molecule is CC(CCn1cncn1)NC(=O)N1CCOC2(CCCC2)C1. The third kappa shape index (κ3) is 3.58. The number of nitrogens with zero attached hydrogens (tertiary/aromatic N) is 4. The van der Waals surface area contributed by atoms with Crippen LogP contribution in [0, 0.1) is 0 Å². The van der Waals surface area contributed by atoms with E-state index in [-0.39, 0.29) is 17.7 Å². The van der Waals surface area contributed by atoms with Crippen LogP contribution in [-0.2, 0) is 11.3 Å². The summed E-state index contributed by atoms with van der Waals surface area (Å²) < 4.78 is 7.75. The summed E-state index contributed by atoms with van der Waals surface area (Å²) in [4.78, 5) is 18.3. The van der Waals surface area contributed by atoms with E-state index in [0.717, 1.165) is 32.4 Å². The highest BCUT2D eigenvalue weighted by molar-refractivity contribution is 5.74. The first-order valence-electron chi connectivity index (χ1n) is 8.19. The van der Waals surface area contributed by atoms with Crippen LogP contribution in [0.1, 0.15) is 39.0 Å². The lowest BCUT2D eigenvalue weighted by atomic mass is 10.00. The van der Waals surface area contributed by atoms with Crippen LogP contribution in [-0.4, -0.2) is 57.0 Å². The minimum absolute atomic E-state index is 0.0284. The van der Waals surface area contributed by atoms with E-state index in [1.807, 2.05) is 11.8 Å². The van der Waals surface area contributed by atoms with Crippen molar-refractivity contribution in [3.8, 4) is 0 Å². The Morgan fingerprint density at radius 3 is 3.00 bits per heavy atom. The van der Waals surface area contributed by atoms with Crippen LogP contribution in [0.15, 0.2) is 12.7 Å². The molecular formula is C15H25N5O2. The monoisotopic (exact) mass is 307 g/mol. The van der Waals surface area contributed by atoms with Gasteiger partial charge in [0.15, 0.2) is 0 Å². The van der Waals surface area contributed by atoms with Crippen molar-refractivity contribution in [3.63, 3.8) is 0 Å². The average Bonchev–Trinajstić information content (AvgIpc) is 3.17. The summed E-state index contributed by atoms with van der Waals surface area (Å²) in [5.41, 5.74) is -0.0699. The molecule has 7 nitrogen and oxygen atoms in total. The smallest absolute Gasteiger partial charge is 0.317 e. The van der Waals surface area contributed by atoms with Gasteiger partial charge in [-0.25, -0.2) is 9.78 Å². The van der Waals surface area contributed by atoms with Gasteiger partial charge in [-0.05, 0) is 26.2 Å². The summed E-state index contributed by atoms with van der Waals surface area (Å²) in [6.07, 6.45) is 8.65.